The lowest BCUT2D eigenvalue weighted by Crippen LogP contribution is -2.37. The molecule has 1 aliphatic heterocycles. The van der Waals surface area contributed by atoms with Gasteiger partial charge < -0.3 is 14.5 Å². The van der Waals surface area contributed by atoms with E-state index >= 15 is 0 Å². The van der Waals surface area contributed by atoms with E-state index in [0.717, 1.165) is 36.3 Å². The van der Waals surface area contributed by atoms with Crippen LogP contribution in [0, 0.1) is 6.92 Å². The number of rotatable bonds is 5. The van der Waals surface area contributed by atoms with Crippen LogP contribution in [0.2, 0.25) is 0 Å². The number of nitrogens with zero attached hydrogens (tertiary/aromatic N) is 1. The van der Waals surface area contributed by atoms with E-state index in [9.17, 15) is 9.59 Å². The van der Waals surface area contributed by atoms with Gasteiger partial charge in [-0.3, -0.25) is 9.69 Å². The van der Waals surface area contributed by atoms with Gasteiger partial charge in [0.05, 0.1) is 25.4 Å². The molecule has 1 aromatic heterocycles. The number of hydrogen-bond donors (Lipinski definition) is 1. The molecule has 0 aliphatic carbocycles. The topological polar surface area (TPSA) is 71.6 Å². The van der Waals surface area contributed by atoms with Crippen LogP contribution < -0.4 is 5.43 Å². The molecule has 0 atom stereocenters. The predicted molar refractivity (Wildman–Crippen MR) is 96.0 cm³/mol. The third-order valence-electron chi connectivity index (χ3n) is 4.47. The Morgan fingerprint density at radius 1 is 1.32 bits per heavy atom. The Labute approximate surface area is 146 Å². The first kappa shape index (κ1) is 17.6. The number of H-pyrrole nitrogens is 1. The van der Waals surface area contributed by atoms with Gasteiger partial charge in [0.25, 0.3) is 0 Å². The van der Waals surface area contributed by atoms with Crippen molar-refractivity contribution in [3.63, 3.8) is 0 Å². The van der Waals surface area contributed by atoms with Gasteiger partial charge >= 0.3 is 5.97 Å². The summed E-state index contributed by atoms with van der Waals surface area (Å²) in [6.07, 6.45) is 0.767. The van der Waals surface area contributed by atoms with E-state index in [1.54, 1.807) is 18.2 Å². The summed E-state index contributed by atoms with van der Waals surface area (Å²) in [6, 6.07) is 5.09. The fourth-order valence-electron chi connectivity index (χ4n) is 3.03. The Morgan fingerprint density at radius 3 is 2.80 bits per heavy atom. The number of benzene rings is 1. The Morgan fingerprint density at radius 2 is 2.08 bits per heavy atom. The zero-order valence-electron chi connectivity index (χ0n) is 14.8. The molecule has 3 rings (SSSR count). The zero-order valence-corrected chi connectivity index (χ0v) is 14.8. The maximum atomic E-state index is 13.0. The van der Waals surface area contributed by atoms with Crippen LogP contribution in [0.3, 0.4) is 0 Å². The highest BCUT2D eigenvalue weighted by molar-refractivity contribution is 5.94. The summed E-state index contributed by atoms with van der Waals surface area (Å²) in [5.41, 5.74) is 2.73. The molecule has 2 aromatic rings. The number of hydrogen-bond acceptors (Lipinski definition) is 5. The first-order valence-electron chi connectivity index (χ1n) is 8.73. The minimum atomic E-state index is -0.390. The average Bonchev–Trinajstić information content (AvgIpc) is 2.64. The SMILES string of the molecule is CCCOC(=O)c1ccc2[nH]c(C)c(CN3CCOCC3)c(=O)c2c1. The Balaban J connectivity index is 1.95. The van der Waals surface area contributed by atoms with Crippen LogP contribution in [-0.2, 0) is 16.0 Å². The van der Waals surface area contributed by atoms with E-state index in [4.69, 9.17) is 9.47 Å². The number of ether oxygens (including phenoxy) is 2. The first-order chi connectivity index (χ1) is 12.1. The number of aryl methyl sites for hydroxylation is 1. The van der Waals surface area contributed by atoms with Crippen LogP contribution >= 0.6 is 0 Å². The number of esters is 1. The maximum Gasteiger partial charge on any atom is 0.338 e. The standard InChI is InChI=1S/C19H24N2O4/c1-3-8-25-19(23)14-4-5-17-15(11-14)18(22)16(13(2)20-17)12-21-6-9-24-10-7-21/h4-5,11H,3,6-10,12H2,1-2H3,(H,20,22). The summed E-state index contributed by atoms with van der Waals surface area (Å²) in [7, 11) is 0. The summed E-state index contributed by atoms with van der Waals surface area (Å²) in [5, 5.41) is 0.528. The maximum absolute atomic E-state index is 13.0. The van der Waals surface area contributed by atoms with Gasteiger partial charge in [-0.05, 0) is 31.5 Å². The molecule has 6 nitrogen and oxygen atoms in total. The van der Waals surface area contributed by atoms with Crippen molar-refractivity contribution in [2.75, 3.05) is 32.9 Å². The number of carbonyl (C=O) groups excluding carboxylic acids is 1. The van der Waals surface area contributed by atoms with Gasteiger partial charge in [0.2, 0.25) is 0 Å². The molecule has 1 aromatic carbocycles. The van der Waals surface area contributed by atoms with Gasteiger partial charge in [-0.1, -0.05) is 6.92 Å². The molecule has 134 valence electrons. The third-order valence-corrected chi connectivity index (χ3v) is 4.47. The molecule has 0 amide bonds. The van der Waals surface area contributed by atoms with Gasteiger partial charge in [-0.2, -0.15) is 0 Å². The molecule has 1 N–H and O–H groups in total. The van der Waals surface area contributed by atoms with Gasteiger partial charge in [0.1, 0.15) is 0 Å². The minimum absolute atomic E-state index is 0.0251. The van der Waals surface area contributed by atoms with Crippen molar-refractivity contribution in [3.05, 3.63) is 45.2 Å². The third kappa shape index (κ3) is 3.91. The number of fused-ring (bicyclic) bond motifs is 1. The number of carbonyl (C=O) groups is 1. The second kappa shape index (κ2) is 7.80. The summed E-state index contributed by atoms with van der Waals surface area (Å²) in [5.74, 6) is -0.390. The summed E-state index contributed by atoms with van der Waals surface area (Å²) in [6.45, 7) is 7.85. The average molecular weight is 344 g/mol. The quantitative estimate of drug-likeness (QED) is 0.842. The highest BCUT2D eigenvalue weighted by Crippen LogP contribution is 2.16. The summed E-state index contributed by atoms with van der Waals surface area (Å²) in [4.78, 5) is 30.6. The van der Waals surface area contributed by atoms with Crippen molar-refractivity contribution in [2.45, 2.75) is 26.8 Å². The number of nitrogens with one attached hydrogen (secondary N) is 1. The molecule has 1 aliphatic rings. The molecule has 0 saturated carbocycles. The van der Waals surface area contributed by atoms with Crippen LogP contribution in [0.1, 0.15) is 35.0 Å². The van der Waals surface area contributed by atoms with E-state index in [2.05, 4.69) is 9.88 Å². The molecule has 1 saturated heterocycles. The second-order valence-electron chi connectivity index (χ2n) is 6.34. The molecule has 0 spiro atoms. The molecule has 2 heterocycles. The Hall–Kier alpha value is -2.18. The van der Waals surface area contributed by atoms with Crippen molar-refractivity contribution in [3.8, 4) is 0 Å². The van der Waals surface area contributed by atoms with Crippen molar-refractivity contribution in [1.82, 2.24) is 9.88 Å². The lowest BCUT2D eigenvalue weighted by molar-refractivity contribution is 0.0339. The molecular weight excluding hydrogens is 320 g/mol. The van der Waals surface area contributed by atoms with Crippen molar-refractivity contribution >= 4 is 16.9 Å². The van der Waals surface area contributed by atoms with Gasteiger partial charge in [0.15, 0.2) is 5.43 Å². The van der Waals surface area contributed by atoms with Crippen LogP contribution in [0.4, 0.5) is 0 Å². The van der Waals surface area contributed by atoms with Crippen molar-refractivity contribution < 1.29 is 14.3 Å². The Bertz CT molecular complexity index is 822. The van der Waals surface area contributed by atoms with E-state index < -0.39 is 5.97 Å². The van der Waals surface area contributed by atoms with Gasteiger partial charge in [-0.25, -0.2) is 4.79 Å². The zero-order chi connectivity index (χ0) is 17.8. The molecule has 25 heavy (non-hydrogen) atoms. The predicted octanol–water partition coefficient (Wildman–Crippen LogP) is 2.24. The molecule has 6 heteroatoms. The highest BCUT2D eigenvalue weighted by atomic mass is 16.5. The summed E-state index contributed by atoms with van der Waals surface area (Å²) < 4.78 is 10.5. The van der Waals surface area contributed by atoms with Crippen LogP contribution in [0.25, 0.3) is 10.9 Å². The molecule has 0 radical (unpaired) electrons. The van der Waals surface area contributed by atoms with E-state index in [0.29, 0.717) is 37.3 Å². The van der Waals surface area contributed by atoms with Gasteiger partial charge in [0, 0.05) is 41.8 Å². The van der Waals surface area contributed by atoms with E-state index in [1.165, 1.54) is 0 Å². The monoisotopic (exact) mass is 344 g/mol. The van der Waals surface area contributed by atoms with Gasteiger partial charge in [-0.15, -0.1) is 0 Å². The highest BCUT2D eigenvalue weighted by Gasteiger charge is 2.17. The molecular formula is C19H24N2O4. The number of pyridine rings is 1. The Kier molecular flexibility index (Phi) is 5.50. The molecule has 0 unspecified atom stereocenters. The molecule has 1 fully saturated rings. The fraction of sp³-hybridized carbons (Fsp3) is 0.474. The normalized spacial score (nSPS) is 15.4. The number of morpholine rings is 1. The lowest BCUT2D eigenvalue weighted by Gasteiger charge is -2.26. The van der Waals surface area contributed by atoms with E-state index in [-0.39, 0.29) is 5.43 Å². The number of aromatic nitrogens is 1. The largest absolute Gasteiger partial charge is 0.462 e. The lowest BCUT2D eigenvalue weighted by atomic mass is 10.1. The fourth-order valence-corrected chi connectivity index (χ4v) is 3.03. The van der Waals surface area contributed by atoms with Crippen molar-refractivity contribution in [1.29, 1.82) is 0 Å². The first-order valence-corrected chi connectivity index (χ1v) is 8.73. The molecule has 0 bridgehead atoms. The van der Waals surface area contributed by atoms with E-state index in [1.807, 2.05) is 13.8 Å². The van der Waals surface area contributed by atoms with Crippen LogP contribution in [0.5, 0.6) is 0 Å². The van der Waals surface area contributed by atoms with Crippen LogP contribution in [-0.4, -0.2) is 48.8 Å². The summed E-state index contributed by atoms with van der Waals surface area (Å²) >= 11 is 0. The van der Waals surface area contributed by atoms with Crippen molar-refractivity contribution in [2.24, 2.45) is 0 Å². The minimum Gasteiger partial charge on any atom is -0.462 e. The number of aromatic amines is 1. The van der Waals surface area contributed by atoms with Crippen LogP contribution in [0.15, 0.2) is 23.0 Å². The second-order valence-corrected chi connectivity index (χ2v) is 6.34. The smallest absolute Gasteiger partial charge is 0.338 e.